The van der Waals surface area contributed by atoms with Crippen molar-refractivity contribution in [3.05, 3.63) is 106 Å². The molecule has 1 saturated heterocycles. The van der Waals surface area contributed by atoms with Gasteiger partial charge in [-0.3, -0.25) is 4.79 Å². The summed E-state index contributed by atoms with van der Waals surface area (Å²) in [6.45, 7) is 0.334. The van der Waals surface area contributed by atoms with Crippen LogP contribution < -0.4 is 0 Å². The second kappa shape index (κ2) is 9.57. The minimum absolute atomic E-state index is 0.00837. The van der Waals surface area contributed by atoms with Crippen LogP contribution in [0.2, 0.25) is 5.02 Å². The maximum atomic E-state index is 13.3. The van der Waals surface area contributed by atoms with Crippen molar-refractivity contribution in [1.82, 2.24) is 4.90 Å². The molecule has 1 aliphatic rings. The third-order valence-electron chi connectivity index (χ3n) is 6.26. The summed E-state index contributed by atoms with van der Waals surface area (Å²) in [6.07, 6.45) is -9.56. The Bertz CT molecular complexity index is 1160. The molecule has 0 N–H and O–H groups in total. The summed E-state index contributed by atoms with van der Waals surface area (Å²) in [5, 5.41) is 0.572. The van der Waals surface area contributed by atoms with Gasteiger partial charge in [-0.15, -0.1) is 0 Å². The topological polar surface area (TPSA) is 20.3 Å². The van der Waals surface area contributed by atoms with Gasteiger partial charge in [-0.25, -0.2) is 0 Å². The number of hydrogen-bond donors (Lipinski definition) is 0. The van der Waals surface area contributed by atoms with Gasteiger partial charge in [-0.1, -0.05) is 54.1 Å². The van der Waals surface area contributed by atoms with Gasteiger partial charge in [-0.2, -0.15) is 26.3 Å². The van der Waals surface area contributed by atoms with Crippen molar-refractivity contribution >= 4 is 17.5 Å². The number of likely N-dealkylation sites (tertiary alicyclic amines) is 1. The average molecular weight is 512 g/mol. The summed E-state index contributed by atoms with van der Waals surface area (Å²) in [5.74, 6) is -1.08. The maximum absolute atomic E-state index is 13.3. The molecule has 3 aromatic rings. The molecule has 3 aromatic carbocycles. The molecular formula is C26H20ClF6NO. The van der Waals surface area contributed by atoms with Crippen LogP contribution in [0, 0.1) is 0 Å². The Morgan fingerprint density at radius 3 is 1.86 bits per heavy atom. The first-order valence-electron chi connectivity index (χ1n) is 10.8. The highest BCUT2D eigenvalue weighted by molar-refractivity contribution is 6.30. The molecule has 0 aliphatic carbocycles. The molecule has 2 nitrogen and oxygen atoms in total. The van der Waals surface area contributed by atoms with E-state index < -0.39 is 35.0 Å². The molecule has 2 atom stereocenters. The Morgan fingerprint density at radius 2 is 1.31 bits per heavy atom. The first-order valence-corrected chi connectivity index (χ1v) is 11.2. The number of amides is 1. The number of carbonyl (C=O) groups excluding carboxylic acids is 1. The van der Waals surface area contributed by atoms with Crippen molar-refractivity contribution in [3.8, 4) is 0 Å². The molecule has 9 heteroatoms. The van der Waals surface area contributed by atoms with E-state index in [9.17, 15) is 31.1 Å². The number of alkyl halides is 6. The second-order valence-corrected chi connectivity index (χ2v) is 8.95. The van der Waals surface area contributed by atoms with Gasteiger partial charge >= 0.3 is 12.4 Å². The third-order valence-corrected chi connectivity index (χ3v) is 6.51. The van der Waals surface area contributed by atoms with Crippen molar-refractivity contribution in [2.45, 2.75) is 30.6 Å². The summed E-state index contributed by atoms with van der Waals surface area (Å²) in [6, 6.07) is 17.6. The molecule has 0 saturated carbocycles. The minimum Gasteiger partial charge on any atom is -0.338 e. The number of nitrogens with zero attached hydrogens (tertiary/aromatic N) is 1. The quantitative estimate of drug-likeness (QED) is 0.329. The molecule has 1 aliphatic heterocycles. The van der Waals surface area contributed by atoms with Gasteiger partial charge in [0.1, 0.15) is 0 Å². The van der Waals surface area contributed by atoms with Crippen molar-refractivity contribution < 1.29 is 31.1 Å². The third kappa shape index (κ3) is 5.64. The fraction of sp³-hybridized carbons (Fsp3) is 0.269. The van der Waals surface area contributed by atoms with E-state index in [2.05, 4.69) is 0 Å². The lowest BCUT2D eigenvalue weighted by Crippen LogP contribution is -2.42. The Hall–Kier alpha value is -3.00. The van der Waals surface area contributed by atoms with E-state index in [0.29, 0.717) is 23.6 Å². The molecule has 0 bridgehead atoms. The van der Waals surface area contributed by atoms with Crippen LogP contribution in [0.3, 0.4) is 0 Å². The first kappa shape index (κ1) is 25.1. The summed E-state index contributed by atoms with van der Waals surface area (Å²) in [7, 11) is 0. The zero-order valence-electron chi connectivity index (χ0n) is 18.2. The lowest BCUT2D eigenvalue weighted by atomic mass is 9.76. The van der Waals surface area contributed by atoms with E-state index in [1.165, 1.54) is 4.90 Å². The number of halogens is 7. The molecular weight excluding hydrogens is 492 g/mol. The number of benzene rings is 3. The molecule has 0 spiro atoms. The van der Waals surface area contributed by atoms with Gasteiger partial charge < -0.3 is 4.90 Å². The van der Waals surface area contributed by atoms with E-state index in [4.69, 9.17) is 11.6 Å². The van der Waals surface area contributed by atoms with E-state index in [1.54, 1.807) is 12.1 Å². The molecule has 4 rings (SSSR count). The monoisotopic (exact) mass is 511 g/mol. The zero-order valence-corrected chi connectivity index (χ0v) is 19.0. The van der Waals surface area contributed by atoms with Gasteiger partial charge in [0, 0.05) is 29.6 Å². The van der Waals surface area contributed by atoms with E-state index in [0.717, 1.165) is 11.1 Å². The highest BCUT2D eigenvalue weighted by Gasteiger charge is 2.39. The van der Waals surface area contributed by atoms with Crippen LogP contribution in [0.25, 0.3) is 0 Å². The molecule has 35 heavy (non-hydrogen) atoms. The van der Waals surface area contributed by atoms with Crippen LogP contribution in [-0.2, 0) is 12.4 Å². The standard InChI is InChI=1S/C26H20ClF6NO/c27-21-8-6-17(7-9-21)22-10-11-34(15-23(22)16-4-2-1-3-5-16)24(35)18-12-19(25(28,29)30)14-20(13-18)26(31,32)33/h1-9,12-14,22-23H,10-11,15H2/t22-,23+/m1/s1. The van der Waals surface area contributed by atoms with Gasteiger partial charge in [0.15, 0.2) is 0 Å². The fourth-order valence-corrected chi connectivity index (χ4v) is 4.67. The van der Waals surface area contributed by atoms with Crippen molar-refractivity contribution in [3.63, 3.8) is 0 Å². The van der Waals surface area contributed by atoms with E-state index in [-0.39, 0.29) is 31.0 Å². The lowest BCUT2D eigenvalue weighted by molar-refractivity contribution is -0.143. The van der Waals surface area contributed by atoms with Gasteiger partial charge in [-0.05, 0) is 53.8 Å². The Morgan fingerprint density at radius 1 is 0.771 bits per heavy atom. The Balaban J connectivity index is 1.68. The highest BCUT2D eigenvalue weighted by Crippen LogP contribution is 2.41. The van der Waals surface area contributed by atoms with E-state index in [1.807, 2.05) is 42.5 Å². The predicted molar refractivity (Wildman–Crippen MR) is 120 cm³/mol. The van der Waals surface area contributed by atoms with Gasteiger partial charge in [0.05, 0.1) is 11.1 Å². The molecule has 1 heterocycles. The van der Waals surface area contributed by atoms with Gasteiger partial charge in [0.2, 0.25) is 0 Å². The summed E-state index contributed by atoms with van der Waals surface area (Å²) in [4.78, 5) is 14.5. The SMILES string of the molecule is O=C(c1cc(C(F)(F)F)cc(C(F)(F)F)c1)N1CC[C@H](c2ccc(Cl)cc2)[C@H](c2ccccc2)C1. The number of hydrogen-bond acceptors (Lipinski definition) is 1. The summed E-state index contributed by atoms with van der Waals surface area (Å²) < 4.78 is 79.7. The highest BCUT2D eigenvalue weighted by atomic mass is 35.5. The van der Waals surface area contributed by atoms with Crippen LogP contribution in [0.1, 0.15) is 50.9 Å². The first-order chi connectivity index (χ1) is 16.4. The molecule has 0 radical (unpaired) electrons. The molecule has 0 unspecified atom stereocenters. The zero-order chi connectivity index (χ0) is 25.4. The van der Waals surface area contributed by atoms with Crippen LogP contribution in [0.5, 0.6) is 0 Å². The smallest absolute Gasteiger partial charge is 0.338 e. The predicted octanol–water partition coefficient (Wildman–Crippen LogP) is 7.79. The fourth-order valence-electron chi connectivity index (χ4n) is 4.54. The van der Waals surface area contributed by atoms with Crippen molar-refractivity contribution in [1.29, 1.82) is 0 Å². The molecule has 1 fully saturated rings. The Kier molecular flexibility index (Phi) is 6.86. The number of piperidine rings is 1. The lowest BCUT2D eigenvalue weighted by Gasteiger charge is -2.39. The number of carbonyl (C=O) groups is 1. The van der Waals surface area contributed by atoms with Crippen LogP contribution in [-0.4, -0.2) is 23.9 Å². The molecule has 184 valence electrons. The minimum atomic E-state index is -5.02. The van der Waals surface area contributed by atoms with Gasteiger partial charge in [0.25, 0.3) is 5.91 Å². The van der Waals surface area contributed by atoms with E-state index >= 15 is 0 Å². The van der Waals surface area contributed by atoms with Crippen molar-refractivity contribution in [2.75, 3.05) is 13.1 Å². The Labute approximate surface area is 203 Å². The van der Waals surface area contributed by atoms with Crippen LogP contribution in [0.4, 0.5) is 26.3 Å². The second-order valence-electron chi connectivity index (χ2n) is 8.51. The average Bonchev–Trinajstić information content (AvgIpc) is 2.83. The van der Waals surface area contributed by atoms with Crippen molar-refractivity contribution in [2.24, 2.45) is 0 Å². The molecule has 0 aromatic heterocycles. The van der Waals surface area contributed by atoms with Crippen LogP contribution in [0.15, 0.2) is 72.8 Å². The van der Waals surface area contributed by atoms with Crippen LogP contribution >= 0.6 is 11.6 Å². The summed E-state index contributed by atoms with van der Waals surface area (Å²) in [5.41, 5.74) is -1.74. The molecule has 1 amide bonds. The summed E-state index contributed by atoms with van der Waals surface area (Å²) >= 11 is 6.01. The normalized spacial score (nSPS) is 19.0. The maximum Gasteiger partial charge on any atom is 0.416 e. The largest absolute Gasteiger partial charge is 0.416 e. The number of rotatable bonds is 3.